The third kappa shape index (κ3) is 33.2. The standard InChI is InChI=1S/C46H78O5/c1-3-5-7-9-11-13-15-17-19-21-23-25-27-29-34-38-45(47)50-42-44(41-49-40-43-36-32-31-33-37-43)51-46(48)39-35-30-28-26-24-22-20-18-16-14-12-10-8-6-4-2/h12,14,18,20,31-33,36-37,44H,3-11,13,15-17,19,21-30,34-35,38-42H2,1-2H3. The number of allylic oxidation sites excluding steroid dienone is 4. The molecule has 5 heteroatoms. The monoisotopic (exact) mass is 711 g/mol. The van der Waals surface area contributed by atoms with Gasteiger partial charge in [-0.3, -0.25) is 9.59 Å². The third-order valence-corrected chi connectivity index (χ3v) is 9.46. The Kier molecular flexibility index (Phi) is 34.2. The fraction of sp³-hybridized carbons (Fsp3) is 0.739. The van der Waals surface area contributed by atoms with E-state index in [0.717, 1.165) is 50.5 Å². The van der Waals surface area contributed by atoms with E-state index < -0.39 is 6.10 Å². The van der Waals surface area contributed by atoms with Crippen molar-refractivity contribution >= 4 is 11.9 Å². The number of benzene rings is 1. The van der Waals surface area contributed by atoms with E-state index in [2.05, 4.69) is 38.2 Å². The van der Waals surface area contributed by atoms with Crippen LogP contribution in [0, 0.1) is 0 Å². The van der Waals surface area contributed by atoms with E-state index in [-0.39, 0.29) is 25.2 Å². The Hall–Kier alpha value is -2.40. The molecule has 0 N–H and O–H groups in total. The Morgan fingerprint density at radius 2 is 0.980 bits per heavy atom. The van der Waals surface area contributed by atoms with Gasteiger partial charge in [0, 0.05) is 12.8 Å². The van der Waals surface area contributed by atoms with Gasteiger partial charge in [0.1, 0.15) is 6.61 Å². The smallest absolute Gasteiger partial charge is 0.306 e. The fourth-order valence-electron chi connectivity index (χ4n) is 6.22. The van der Waals surface area contributed by atoms with Gasteiger partial charge in [-0.1, -0.05) is 190 Å². The molecule has 0 aliphatic rings. The van der Waals surface area contributed by atoms with Crippen LogP contribution in [0.1, 0.15) is 199 Å². The first-order valence-electron chi connectivity index (χ1n) is 21.4. The van der Waals surface area contributed by atoms with Crippen LogP contribution in [0.4, 0.5) is 0 Å². The minimum Gasteiger partial charge on any atom is -0.462 e. The minimum atomic E-state index is -0.593. The van der Waals surface area contributed by atoms with Crippen molar-refractivity contribution in [3.05, 3.63) is 60.2 Å². The van der Waals surface area contributed by atoms with Crippen LogP contribution in [0.15, 0.2) is 54.6 Å². The zero-order valence-electron chi connectivity index (χ0n) is 33.2. The van der Waals surface area contributed by atoms with Gasteiger partial charge in [0.2, 0.25) is 0 Å². The summed E-state index contributed by atoms with van der Waals surface area (Å²) in [6, 6.07) is 9.92. The van der Waals surface area contributed by atoms with Crippen LogP contribution in [0.25, 0.3) is 0 Å². The fourth-order valence-corrected chi connectivity index (χ4v) is 6.22. The van der Waals surface area contributed by atoms with Gasteiger partial charge < -0.3 is 14.2 Å². The molecule has 1 aromatic carbocycles. The molecular weight excluding hydrogens is 633 g/mol. The lowest BCUT2D eigenvalue weighted by atomic mass is 10.0. The van der Waals surface area contributed by atoms with E-state index in [1.807, 2.05) is 30.3 Å². The van der Waals surface area contributed by atoms with E-state index in [1.54, 1.807) is 0 Å². The van der Waals surface area contributed by atoms with Crippen LogP contribution in [-0.4, -0.2) is 31.3 Å². The van der Waals surface area contributed by atoms with Crippen LogP contribution in [-0.2, 0) is 30.4 Å². The van der Waals surface area contributed by atoms with E-state index >= 15 is 0 Å². The molecule has 0 fully saturated rings. The molecule has 0 saturated heterocycles. The highest BCUT2D eigenvalue weighted by molar-refractivity contribution is 5.70. The van der Waals surface area contributed by atoms with Crippen molar-refractivity contribution in [1.82, 2.24) is 0 Å². The number of rotatable bonds is 37. The number of carbonyl (C=O) groups excluding carboxylic acids is 2. The number of carbonyl (C=O) groups is 2. The first-order chi connectivity index (χ1) is 25.2. The lowest BCUT2D eigenvalue weighted by Crippen LogP contribution is -2.29. The van der Waals surface area contributed by atoms with Crippen LogP contribution in [0.2, 0.25) is 0 Å². The van der Waals surface area contributed by atoms with Crippen molar-refractivity contribution in [1.29, 1.82) is 0 Å². The number of unbranched alkanes of at least 4 members (excludes halogenated alkanes) is 22. The molecule has 1 aromatic rings. The van der Waals surface area contributed by atoms with Crippen molar-refractivity contribution in [2.45, 2.75) is 206 Å². The Labute approximate surface area is 314 Å². The maximum Gasteiger partial charge on any atom is 0.306 e. The van der Waals surface area contributed by atoms with Gasteiger partial charge >= 0.3 is 11.9 Å². The van der Waals surface area contributed by atoms with E-state index in [1.165, 1.54) is 122 Å². The van der Waals surface area contributed by atoms with Crippen LogP contribution >= 0.6 is 0 Å². The molecule has 0 saturated carbocycles. The second kappa shape index (κ2) is 37.4. The molecule has 5 nitrogen and oxygen atoms in total. The van der Waals surface area contributed by atoms with Gasteiger partial charge in [-0.05, 0) is 50.5 Å². The Morgan fingerprint density at radius 3 is 1.53 bits per heavy atom. The molecular formula is C46H78O5. The summed E-state index contributed by atoms with van der Waals surface area (Å²) in [6.07, 6.45) is 41.3. The summed E-state index contributed by atoms with van der Waals surface area (Å²) < 4.78 is 17.1. The number of hydrogen-bond acceptors (Lipinski definition) is 5. The zero-order valence-corrected chi connectivity index (χ0v) is 33.2. The molecule has 0 aromatic heterocycles. The Morgan fingerprint density at radius 1 is 0.529 bits per heavy atom. The number of esters is 2. The molecule has 292 valence electrons. The summed E-state index contributed by atoms with van der Waals surface area (Å²) >= 11 is 0. The van der Waals surface area contributed by atoms with E-state index in [0.29, 0.717) is 19.4 Å². The second-order valence-corrected chi connectivity index (χ2v) is 14.5. The van der Waals surface area contributed by atoms with Crippen molar-refractivity contribution < 1.29 is 23.8 Å². The predicted molar refractivity (Wildman–Crippen MR) is 216 cm³/mol. The molecule has 0 aliphatic carbocycles. The summed E-state index contributed by atoms with van der Waals surface area (Å²) in [5.41, 5.74) is 1.05. The molecule has 1 rings (SSSR count). The summed E-state index contributed by atoms with van der Waals surface area (Å²) in [5.74, 6) is -0.463. The third-order valence-electron chi connectivity index (χ3n) is 9.46. The normalized spacial score (nSPS) is 12.2. The first kappa shape index (κ1) is 46.6. The largest absolute Gasteiger partial charge is 0.462 e. The SMILES string of the molecule is CCCCCC=CCC=CCCCCCCCC(=O)OC(COCc1ccccc1)COC(=O)CCCCCCCCCCCCCCCCC. The molecule has 0 heterocycles. The quantitative estimate of drug-likeness (QED) is 0.0391. The first-order valence-corrected chi connectivity index (χ1v) is 21.4. The van der Waals surface area contributed by atoms with Crippen molar-refractivity contribution in [2.24, 2.45) is 0 Å². The maximum atomic E-state index is 12.7. The summed E-state index contributed by atoms with van der Waals surface area (Å²) in [4.78, 5) is 25.1. The lowest BCUT2D eigenvalue weighted by molar-refractivity contribution is -0.163. The van der Waals surface area contributed by atoms with Crippen LogP contribution in [0.5, 0.6) is 0 Å². The lowest BCUT2D eigenvalue weighted by Gasteiger charge is -2.18. The molecule has 0 radical (unpaired) electrons. The minimum absolute atomic E-state index is 0.0419. The van der Waals surface area contributed by atoms with Crippen LogP contribution in [0.3, 0.4) is 0 Å². The maximum absolute atomic E-state index is 12.7. The Balaban J connectivity index is 2.17. The van der Waals surface area contributed by atoms with Crippen molar-refractivity contribution in [3.63, 3.8) is 0 Å². The van der Waals surface area contributed by atoms with Crippen molar-refractivity contribution in [3.8, 4) is 0 Å². The van der Waals surface area contributed by atoms with Crippen molar-refractivity contribution in [2.75, 3.05) is 13.2 Å². The highest BCUT2D eigenvalue weighted by atomic mass is 16.6. The Bertz CT molecular complexity index is 956. The molecule has 0 aliphatic heterocycles. The highest BCUT2D eigenvalue weighted by Crippen LogP contribution is 2.15. The molecule has 1 atom stereocenters. The van der Waals surface area contributed by atoms with Gasteiger partial charge in [-0.15, -0.1) is 0 Å². The molecule has 1 unspecified atom stereocenters. The summed E-state index contributed by atoms with van der Waals surface area (Å²) in [7, 11) is 0. The predicted octanol–water partition coefficient (Wildman–Crippen LogP) is 13.7. The van der Waals surface area contributed by atoms with Gasteiger partial charge in [0.05, 0.1) is 13.2 Å². The van der Waals surface area contributed by atoms with Gasteiger partial charge in [-0.25, -0.2) is 0 Å². The number of hydrogen-bond donors (Lipinski definition) is 0. The molecule has 51 heavy (non-hydrogen) atoms. The molecule has 0 amide bonds. The van der Waals surface area contributed by atoms with E-state index in [9.17, 15) is 9.59 Å². The summed E-state index contributed by atoms with van der Waals surface area (Å²) in [6.45, 7) is 5.19. The second-order valence-electron chi connectivity index (χ2n) is 14.5. The molecule has 0 spiro atoms. The highest BCUT2D eigenvalue weighted by Gasteiger charge is 2.17. The molecule has 0 bridgehead atoms. The zero-order chi connectivity index (χ0) is 36.7. The van der Waals surface area contributed by atoms with Crippen LogP contribution < -0.4 is 0 Å². The van der Waals surface area contributed by atoms with Gasteiger partial charge in [0.15, 0.2) is 6.10 Å². The number of ether oxygens (including phenoxy) is 3. The van der Waals surface area contributed by atoms with Gasteiger partial charge in [0.25, 0.3) is 0 Å². The summed E-state index contributed by atoms with van der Waals surface area (Å²) in [5, 5.41) is 0. The average Bonchev–Trinajstić information content (AvgIpc) is 3.14. The topological polar surface area (TPSA) is 61.8 Å². The average molecular weight is 711 g/mol. The van der Waals surface area contributed by atoms with E-state index in [4.69, 9.17) is 14.2 Å². The van der Waals surface area contributed by atoms with Gasteiger partial charge in [-0.2, -0.15) is 0 Å².